The number of cyclic esters (lactones) is 1. The van der Waals surface area contributed by atoms with Crippen molar-refractivity contribution in [1.82, 2.24) is 0 Å². The predicted molar refractivity (Wildman–Crippen MR) is 126 cm³/mol. The molecule has 1 unspecified atom stereocenters. The first-order valence-electron chi connectivity index (χ1n) is 10.9. The van der Waals surface area contributed by atoms with Crippen LogP contribution < -0.4 is 16.4 Å². The van der Waals surface area contributed by atoms with E-state index in [1.807, 2.05) is 57.2 Å². The maximum atomic E-state index is 13.2. The monoisotopic (exact) mass is 423 g/mol. The van der Waals surface area contributed by atoms with E-state index in [2.05, 4.69) is 0 Å². The van der Waals surface area contributed by atoms with Crippen LogP contribution in [0.15, 0.2) is 60.0 Å². The first-order valence-corrected chi connectivity index (χ1v) is 10.9. The van der Waals surface area contributed by atoms with Crippen LogP contribution in [0.3, 0.4) is 0 Å². The zero-order valence-electron chi connectivity index (χ0n) is 18.6. The second kappa shape index (κ2) is 9.33. The lowest BCUT2D eigenvalue weighted by Gasteiger charge is -2.42. The molecule has 0 aliphatic carbocycles. The molecule has 0 radical (unpaired) electrons. The molecule has 6 heteroatoms. The van der Waals surface area contributed by atoms with Crippen LogP contribution in [0.5, 0.6) is 0 Å². The summed E-state index contributed by atoms with van der Waals surface area (Å²) in [5.41, 5.74) is 14.4. The van der Waals surface area contributed by atoms with Crippen molar-refractivity contribution in [2.24, 2.45) is 5.92 Å². The second-order valence-corrected chi connectivity index (χ2v) is 8.57. The first-order chi connectivity index (χ1) is 14.8. The molecule has 31 heavy (non-hydrogen) atoms. The molecule has 1 heterocycles. The number of anilines is 3. The van der Waals surface area contributed by atoms with Gasteiger partial charge in [-0.2, -0.15) is 0 Å². The summed E-state index contributed by atoms with van der Waals surface area (Å²) < 4.78 is 6.09. The Morgan fingerprint density at radius 3 is 2.42 bits per heavy atom. The van der Waals surface area contributed by atoms with E-state index >= 15 is 0 Å². The van der Waals surface area contributed by atoms with Crippen LogP contribution in [0.4, 0.5) is 17.1 Å². The highest BCUT2D eigenvalue weighted by Gasteiger charge is 2.45. The number of nitrogens with two attached hydrogens (primary N) is 2. The Morgan fingerprint density at radius 2 is 1.84 bits per heavy atom. The topological polar surface area (TPSA) is 102 Å². The second-order valence-electron chi connectivity index (χ2n) is 8.57. The van der Waals surface area contributed by atoms with Crippen molar-refractivity contribution < 1.29 is 14.6 Å². The minimum atomic E-state index is -0.764. The lowest BCUT2D eigenvalue weighted by atomic mass is 9.79. The largest absolute Gasteiger partial charge is 0.510 e. The lowest BCUT2D eigenvalue weighted by molar-refractivity contribution is -0.166. The number of aliphatic hydroxyl groups excluding tert-OH is 1. The molecule has 166 valence electrons. The third-order valence-electron chi connectivity index (χ3n) is 6.00. The van der Waals surface area contributed by atoms with E-state index in [0.717, 1.165) is 24.1 Å². The number of hydrogen-bond acceptors (Lipinski definition) is 6. The molecule has 0 bridgehead atoms. The molecule has 0 saturated heterocycles. The van der Waals surface area contributed by atoms with E-state index in [4.69, 9.17) is 16.2 Å². The molecule has 1 aliphatic heterocycles. The molecule has 0 spiro atoms. The minimum absolute atomic E-state index is 0.0425. The molecule has 6 nitrogen and oxygen atoms in total. The molecular formula is C25H33N3O3. The van der Waals surface area contributed by atoms with Crippen molar-refractivity contribution in [2.75, 3.05) is 22.9 Å². The Labute approximate surface area is 184 Å². The van der Waals surface area contributed by atoms with E-state index in [1.54, 1.807) is 17.0 Å². The van der Waals surface area contributed by atoms with E-state index in [9.17, 15) is 9.90 Å². The predicted octanol–water partition coefficient (Wildman–Crippen LogP) is 4.81. The van der Waals surface area contributed by atoms with Crippen LogP contribution in [-0.4, -0.2) is 23.2 Å². The number of hydrogen-bond donors (Lipinski definition) is 3. The van der Waals surface area contributed by atoms with Gasteiger partial charge in [-0.3, -0.25) is 0 Å². The van der Waals surface area contributed by atoms with Gasteiger partial charge in [-0.15, -0.1) is 0 Å². The molecular weight excluding hydrogens is 390 g/mol. The van der Waals surface area contributed by atoms with Gasteiger partial charge in [-0.25, -0.2) is 4.79 Å². The van der Waals surface area contributed by atoms with Gasteiger partial charge in [-0.1, -0.05) is 39.0 Å². The van der Waals surface area contributed by atoms with E-state index in [1.165, 1.54) is 0 Å². The summed E-state index contributed by atoms with van der Waals surface area (Å²) >= 11 is 0. The highest BCUT2D eigenvalue weighted by molar-refractivity contribution is 5.94. The summed E-state index contributed by atoms with van der Waals surface area (Å²) in [6.07, 6.45) is 2.42. The average Bonchev–Trinajstić information content (AvgIpc) is 2.72. The van der Waals surface area contributed by atoms with Gasteiger partial charge in [0.15, 0.2) is 5.70 Å². The Morgan fingerprint density at radius 1 is 1.13 bits per heavy atom. The normalized spacial score (nSPS) is 18.9. The van der Waals surface area contributed by atoms with Crippen LogP contribution in [0.2, 0.25) is 0 Å². The minimum Gasteiger partial charge on any atom is -0.510 e. The summed E-state index contributed by atoms with van der Waals surface area (Å²) in [4.78, 5) is 15.0. The van der Waals surface area contributed by atoms with Crippen LogP contribution in [-0.2, 0) is 16.0 Å². The fourth-order valence-corrected chi connectivity index (χ4v) is 4.10. The van der Waals surface area contributed by atoms with E-state index < -0.39 is 11.6 Å². The van der Waals surface area contributed by atoms with Crippen molar-refractivity contribution in [1.29, 1.82) is 0 Å². The van der Waals surface area contributed by atoms with Crippen molar-refractivity contribution in [2.45, 2.75) is 52.1 Å². The summed E-state index contributed by atoms with van der Waals surface area (Å²) in [6, 6.07) is 15.0. The number of ether oxygens (including phenoxy) is 1. The maximum absolute atomic E-state index is 13.2. The lowest BCUT2D eigenvalue weighted by Crippen LogP contribution is -2.47. The Kier molecular flexibility index (Phi) is 6.78. The van der Waals surface area contributed by atoms with Crippen molar-refractivity contribution in [3.8, 4) is 0 Å². The number of rotatable bonds is 8. The van der Waals surface area contributed by atoms with Crippen molar-refractivity contribution in [3.05, 3.63) is 65.6 Å². The summed E-state index contributed by atoms with van der Waals surface area (Å²) in [5.74, 6) is -0.385. The SMILES string of the molecule is CCCN(C1=C(O)CC(CCc2ccc(N)cc2)(C(C)C)OC1=O)c1cccc(N)c1. The average molecular weight is 424 g/mol. The summed E-state index contributed by atoms with van der Waals surface area (Å²) in [5, 5.41) is 11.1. The van der Waals surface area contributed by atoms with Gasteiger partial charge < -0.3 is 26.2 Å². The van der Waals surface area contributed by atoms with E-state index in [0.29, 0.717) is 24.3 Å². The van der Waals surface area contributed by atoms with Gasteiger partial charge in [-0.05, 0) is 61.1 Å². The molecule has 1 atom stereocenters. The molecule has 0 amide bonds. The number of nitrogen functional groups attached to an aromatic ring is 2. The van der Waals surface area contributed by atoms with Crippen LogP contribution in [0.25, 0.3) is 0 Å². The van der Waals surface area contributed by atoms with Gasteiger partial charge in [0, 0.05) is 30.0 Å². The number of carbonyl (C=O) groups excluding carboxylic acids is 1. The number of benzene rings is 2. The zero-order chi connectivity index (χ0) is 22.6. The number of esters is 1. The van der Waals surface area contributed by atoms with Crippen LogP contribution >= 0.6 is 0 Å². The van der Waals surface area contributed by atoms with Gasteiger partial charge in [0.25, 0.3) is 0 Å². The van der Waals surface area contributed by atoms with Gasteiger partial charge in [0.1, 0.15) is 11.4 Å². The summed E-state index contributed by atoms with van der Waals surface area (Å²) in [6.45, 7) is 6.64. The molecule has 2 aromatic carbocycles. The Balaban J connectivity index is 1.90. The summed E-state index contributed by atoms with van der Waals surface area (Å²) in [7, 11) is 0. The van der Waals surface area contributed by atoms with Gasteiger partial charge in [0.05, 0.1) is 0 Å². The molecule has 0 saturated carbocycles. The third kappa shape index (κ3) is 4.95. The van der Waals surface area contributed by atoms with E-state index in [-0.39, 0.29) is 23.8 Å². The van der Waals surface area contributed by atoms with Crippen LogP contribution in [0.1, 0.15) is 45.6 Å². The number of nitrogens with zero attached hydrogens (tertiary/aromatic N) is 1. The zero-order valence-corrected chi connectivity index (χ0v) is 18.6. The first kappa shape index (κ1) is 22.5. The number of aryl methyl sites for hydroxylation is 1. The molecule has 0 fully saturated rings. The van der Waals surface area contributed by atoms with Crippen LogP contribution in [0, 0.1) is 5.92 Å². The molecule has 1 aliphatic rings. The highest BCUT2D eigenvalue weighted by Crippen LogP contribution is 2.40. The fourth-order valence-electron chi connectivity index (χ4n) is 4.10. The van der Waals surface area contributed by atoms with Crippen molar-refractivity contribution >= 4 is 23.0 Å². The Bertz CT molecular complexity index is 953. The Hall–Kier alpha value is -3.15. The molecule has 5 N–H and O–H groups in total. The van der Waals surface area contributed by atoms with Gasteiger partial charge in [0.2, 0.25) is 0 Å². The van der Waals surface area contributed by atoms with Crippen molar-refractivity contribution in [3.63, 3.8) is 0 Å². The quantitative estimate of drug-likeness (QED) is 0.416. The smallest absolute Gasteiger partial charge is 0.359 e. The molecule has 2 aromatic rings. The van der Waals surface area contributed by atoms with Gasteiger partial charge >= 0.3 is 5.97 Å². The standard InChI is InChI=1S/C25H33N3O3/c1-4-14-28(21-7-5-6-20(27)15-21)23-22(29)16-25(17(2)3,31-24(23)30)13-12-18-8-10-19(26)11-9-18/h5-11,15,17,29H,4,12-14,16,26-27H2,1-3H3. The highest BCUT2D eigenvalue weighted by atomic mass is 16.6. The fraction of sp³-hybridized carbons (Fsp3) is 0.400. The maximum Gasteiger partial charge on any atom is 0.359 e. The number of carbonyl (C=O) groups is 1. The molecule has 3 rings (SSSR count). The number of aliphatic hydroxyl groups is 1. The molecule has 0 aromatic heterocycles. The third-order valence-corrected chi connectivity index (χ3v) is 6.00.